The van der Waals surface area contributed by atoms with Crippen LogP contribution in [-0.2, 0) is 4.79 Å². The molecule has 3 aliphatic heterocycles. The van der Waals surface area contributed by atoms with Gasteiger partial charge in [-0.1, -0.05) is 12.1 Å². The molecular formula is C21H23N3O3. The average molecular weight is 365 g/mol. The number of nitrogens with zero attached hydrogens (tertiary/aromatic N) is 1. The highest BCUT2D eigenvalue weighted by Crippen LogP contribution is 2.25. The predicted octanol–water partition coefficient (Wildman–Crippen LogP) is 2.01. The number of hydrogen-bond donors (Lipinski definition) is 2. The molecule has 0 aliphatic carbocycles. The predicted molar refractivity (Wildman–Crippen MR) is 103 cm³/mol. The Balaban J connectivity index is 1.65. The maximum Gasteiger partial charge on any atom is 0.256 e. The molecule has 1 aromatic heterocycles. The number of aromatic amines is 1. The Hall–Kier alpha value is -2.89. The third kappa shape index (κ3) is 3.27. The van der Waals surface area contributed by atoms with E-state index in [0.29, 0.717) is 24.2 Å². The van der Waals surface area contributed by atoms with Crippen molar-refractivity contribution in [1.29, 1.82) is 0 Å². The molecular weight excluding hydrogens is 342 g/mol. The molecule has 0 saturated carbocycles. The third-order valence-electron chi connectivity index (χ3n) is 5.67. The smallest absolute Gasteiger partial charge is 0.256 e. The summed E-state index contributed by atoms with van der Waals surface area (Å²) in [7, 11) is 0. The van der Waals surface area contributed by atoms with Crippen molar-refractivity contribution in [2.45, 2.75) is 32.7 Å². The molecule has 2 aromatic rings. The molecule has 3 saturated heterocycles. The average Bonchev–Trinajstić information content (AvgIpc) is 2.95. The summed E-state index contributed by atoms with van der Waals surface area (Å²) in [5.41, 5.74) is 3.49. The summed E-state index contributed by atoms with van der Waals surface area (Å²) in [5.74, 6) is -0.166. The van der Waals surface area contributed by atoms with Gasteiger partial charge in [0, 0.05) is 36.0 Å². The van der Waals surface area contributed by atoms with Crippen LogP contribution >= 0.6 is 0 Å². The van der Waals surface area contributed by atoms with Gasteiger partial charge in [-0.05, 0) is 56.0 Å². The number of pyridine rings is 1. The fourth-order valence-corrected chi connectivity index (χ4v) is 3.95. The summed E-state index contributed by atoms with van der Waals surface area (Å²) in [4.78, 5) is 42.1. The van der Waals surface area contributed by atoms with Crippen molar-refractivity contribution >= 4 is 11.8 Å². The summed E-state index contributed by atoms with van der Waals surface area (Å²) in [6.07, 6.45) is 1.75. The lowest BCUT2D eigenvalue weighted by molar-refractivity contribution is -0.126. The second kappa shape index (κ2) is 6.68. The van der Waals surface area contributed by atoms with Crippen LogP contribution in [0, 0.1) is 19.8 Å². The molecule has 2 bridgehead atoms. The number of aromatic nitrogens is 1. The van der Waals surface area contributed by atoms with Crippen LogP contribution in [0.1, 0.15) is 34.5 Å². The Morgan fingerprint density at radius 2 is 1.93 bits per heavy atom. The van der Waals surface area contributed by atoms with Crippen LogP contribution in [0.25, 0.3) is 11.1 Å². The monoisotopic (exact) mass is 365 g/mol. The molecule has 3 fully saturated rings. The molecule has 1 aromatic carbocycles. The third-order valence-corrected chi connectivity index (χ3v) is 5.67. The standard InChI is InChI=1S/C21H23N3O3/c1-12-8-18(20(26)22-13(12)2)14-4-3-5-15(9-14)21(27)24-10-16-6-7-17(11-24)23-19(16)25/h3-5,8-9,16-17H,6-7,10-11H2,1-2H3,(H,22,26)(H,23,25)/t16-,17+/m1/s1. The zero-order valence-electron chi connectivity index (χ0n) is 15.5. The second-order valence-electron chi connectivity index (χ2n) is 7.59. The molecule has 27 heavy (non-hydrogen) atoms. The molecule has 2 amide bonds. The molecule has 2 N–H and O–H groups in total. The molecule has 3 aliphatic rings. The maximum absolute atomic E-state index is 13.1. The highest BCUT2D eigenvalue weighted by atomic mass is 16.2. The van der Waals surface area contributed by atoms with Crippen molar-refractivity contribution in [3.8, 4) is 11.1 Å². The number of carbonyl (C=O) groups excluding carboxylic acids is 2. The largest absolute Gasteiger partial charge is 0.351 e. The fourth-order valence-electron chi connectivity index (χ4n) is 3.95. The minimum Gasteiger partial charge on any atom is -0.351 e. The minimum atomic E-state index is -0.162. The van der Waals surface area contributed by atoms with Gasteiger partial charge in [0.15, 0.2) is 0 Å². The molecule has 0 spiro atoms. The summed E-state index contributed by atoms with van der Waals surface area (Å²) >= 11 is 0. The lowest BCUT2D eigenvalue weighted by Gasteiger charge is -2.23. The quantitative estimate of drug-likeness (QED) is 0.854. The lowest BCUT2D eigenvalue weighted by atomic mass is 9.96. The molecule has 5 rings (SSSR count). The van der Waals surface area contributed by atoms with Crippen LogP contribution in [0.5, 0.6) is 0 Å². The van der Waals surface area contributed by atoms with Gasteiger partial charge in [0.05, 0.1) is 5.92 Å². The van der Waals surface area contributed by atoms with Gasteiger partial charge in [-0.3, -0.25) is 14.4 Å². The van der Waals surface area contributed by atoms with Gasteiger partial charge in [-0.2, -0.15) is 0 Å². The number of H-pyrrole nitrogens is 1. The summed E-state index contributed by atoms with van der Waals surface area (Å²) in [6, 6.07) is 9.06. The number of fused-ring (bicyclic) bond motifs is 4. The fraction of sp³-hybridized carbons (Fsp3) is 0.381. The molecule has 6 nitrogen and oxygen atoms in total. The number of carbonyl (C=O) groups is 2. The van der Waals surface area contributed by atoms with Gasteiger partial charge < -0.3 is 15.2 Å². The molecule has 0 radical (unpaired) electrons. The zero-order chi connectivity index (χ0) is 19.1. The van der Waals surface area contributed by atoms with Gasteiger partial charge in [-0.25, -0.2) is 0 Å². The number of benzene rings is 1. The Bertz CT molecular complexity index is 979. The van der Waals surface area contributed by atoms with E-state index in [9.17, 15) is 14.4 Å². The van der Waals surface area contributed by atoms with Crippen molar-refractivity contribution in [3.63, 3.8) is 0 Å². The normalized spacial score (nSPS) is 21.7. The van der Waals surface area contributed by atoms with Crippen molar-refractivity contribution in [2.75, 3.05) is 13.1 Å². The number of hydrogen-bond acceptors (Lipinski definition) is 3. The summed E-state index contributed by atoms with van der Waals surface area (Å²) in [5, 5.41) is 2.99. The van der Waals surface area contributed by atoms with E-state index < -0.39 is 0 Å². The Morgan fingerprint density at radius 3 is 2.70 bits per heavy atom. The van der Waals surface area contributed by atoms with Crippen LogP contribution in [0.15, 0.2) is 35.1 Å². The van der Waals surface area contributed by atoms with E-state index >= 15 is 0 Å². The first-order valence-corrected chi connectivity index (χ1v) is 9.33. The van der Waals surface area contributed by atoms with Crippen LogP contribution < -0.4 is 10.9 Å². The SMILES string of the molecule is Cc1cc(-c2cccc(C(=O)N3C[C@@H]4CC[C@H](C3)C(=O)N4)c2)c(=O)[nH]c1C. The van der Waals surface area contributed by atoms with E-state index in [0.717, 1.165) is 29.7 Å². The molecule has 6 heteroatoms. The van der Waals surface area contributed by atoms with E-state index in [2.05, 4.69) is 10.3 Å². The van der Waals surface area contributed by atoms with Crippen LogP contribution in [0.3, 0.4) is 0 Å². The summed E-state index contributed by atoms with van der Waals surface area (Å²) < 4.78 is 0. The number of amides is 2. The van der Waals surface area contributed by atoms with Gasteiger partial charge >= 0.3 is 0 Å². The van der Waals surface area contributed by atoms with Crippen molar-refractivity contribution in [2.24, 2.45) is 5.92 Å². The van der Waals surface area contributed by atoms with E-state index in [1.54, 1.807) is 23.1 Å². The number of rotatable bonds is 2. The first kappa shape index (κ1) is 17.5. The van der Waals surface area contributed by atoms with Gasteiger partial charge in [-0.15, -0.1) is 0 Å². The van der Waals surface area contributed by atoms with E-state index in [1.807, 2.05) is 26.0 Å². The van der Waals surface area contributed by atoms with Gasteiger partial charge in [0.25, 0.3) is 11.5 Å². The maximum atomic E-state index is 13.1. The topological polar surface area (TPSA) is 82.3 Å². The second-order valence-corrected chi connectivity index (χ2v) is 7.59. The van der Waals surface area contributed by atoms with E-state index in [4.69, 9.17) is 0 Å². The molecule has 4 heterocycles. The van der Waals surface area contributed by atoms with Crippen molar-refractivity contribution in [3.05, 3.63) is 57.5 Å². The first-order chi connectivity index (χ1) is 12.9. The summed E-state index contributed by atoms with van der Waals surface area (Å²) in [6.45, 7) is 4.80. The minimum absolute atomic E-state index is 0.0333. The van der Waals surface area contributed by atoms with Gasteiger partial charge in [0.1, 0.15) is 0 Å². The highest BCUT2D eigenvalue weighted by Gasteiger charge is 2.36. The van der Waals surface area contributed by atoms with E-state index in [1.165, 1.54) is 0 Å². The van der Waals surface area contributed by atoms with Crippen LogP contribution in [0.2, 0.25) is 0 Å². The van der Waals surface area contributed by atoms with Crippen molar-refractivity contribution < 1.29 is 9.59 Å². The Kier molecular flexibility index (Phi) is 4.34. The van der Waals surface area contributed by atoms with Crippen LogP contribution in [0.4, 0.5) is 0 Å². The number of nitrogens with one attached hydrogen (secondary N) is 2. The van der Waals surface area contributed by atoms with Crippen LogP contribution in [-0.4, -0.2) is 40.8 Å². The van der Waals surface area contributed by atoms with Gasteiger partial charge in [0.2, 0.25) is 5.91 Å². The first-order valence-electron chi connectivity index (χ1n) is 9.33. The zero-order valence-corrected chi connectivity index (χ0v) is 15.5. The molecule has 0 unspecified atom stereocenters. The Labute approximate surface area is 157 Å². The lowest BCUT2D eigenvalue weighted by Crippen LogP contribution is -2.43. The van der Waals surface area contributed by atoms with Crippen molar-refractivity contribution in [1.82, 2.24) is 15.2 Å². The Morgan fingerprint density at radius 1 is 1.11 bits per heavy atom. The molecule has 140 valence electrons. The number of aryl methyl sites for hydroxylation is 2. The molecule has 2 atom stereocenters. The van der Waals surface area contributed by atoms with E-state index in [-0.39, 0.29) is 29.3 Å². The number of piperidine rings is 1. The highest BCUT2D eigenvalue weighted by molar-refractivity contribution is 5.96.